The Morgan fingerprint density at radius 1 is 0.964 bits per heavy atom. The minimum Gasteiger partial charge on any atom is -0.350 e. The molecule has 0 spiro atoms. The van der Waals surface area contributed by atoms with E-state index in [0.29, 0.717) is 0 Å². The molecule has 2 saturated heterocycles. The lowest BCUT2D eigenvalue weighted by Gasteiger charge is -2.34. The Hall–Kier alpha value is -1.57. The topological polar surface area (TPSA) is 37.0 Å². The average molecular weight is 400 g/mol. The number of nitrogens with one attached hydrogen (secondary N) is 1. The molecule has 0 saturated carbocycles. The lowest BCUT2D eigenvalue weighted by atomic mass is 10.2. The van der Waals surface area contributed by atoms with Gasteiger partial charge in [0.1, 0.15) is 0 Å². The fourth-order valence-corrected chi connectivity index (χ4v) is 4.50. The number of rotatable bonds is 7. The normalized spacial score (nSPS) is 21.5. The number of hydrogen-bond acceptors (Lipinski definition) is 6. The molecular formula is C22H29N3O2S. The highest BCUT2D eigenvalue weighted by Gasteiger charge is 2.20. The van der Waals surface area contributed by atoms with E-state index >= 15 is 0 Å². The monoisotopic (exact) mass is 399 g/mol. The van der Waals surface area contributed by atoms with Gasteiger partial charge in [0.15, 0.2) is 6.29 Å². The van der Waals surface area contributed by atoms with Crippen molar-refractivity contribution in [3.8, 4) is 0 Å². The summed E-state index contributed by atoms with van der Waals surface area (Å²) < 4.78 is 8.09. The van der Waals surface area contributed by atoms with Crippen LogP contribution in [-0.4, -0.2) is 48.3 Å². The van der Waals surface area contributed by atoms with Crippen LogP contribution in [0.1, 0.15) is 24.8 Å². The van der Waals surface area contributed by atoms with E-state index < -0.39 is 0 Å². The molecule has 0 bridgehead atoms. The van der Waals surface area contributed by atoms with Crippen LogP contribution in [0.3, 0.4) is 0 Å². The fraction of sp³-hybridized carbons (Fsp3) is 0.455. The molecule has 2 aliphatic heterocycles. The van der Waals surface area contributed by atoms with Gasteiger partial charge in [-0.2, -0.15) is 0 Å². The highest BCUT2D eigenvalue weighted by Crippen LogP contribution is 2.31. The number of para-hydroxylation sites is 1. The average Bonchev–Trinajstić information content (AvgIpc) is 2.76. The first-order valence-corrected chi connectivity index (χ1v) is 11.0. The number of nitrogens with zero attached hydrogens (tertiary/aromatic N) is 2. The van der Waals surface area contributed by atoms with Gasteiger partial charge in [-0.25, -0.2) is 9.14 Å². The number of ether oxygens (including phenoxy) is 1. The minimum absolute atomic E-state index is 0.145. The largest absolute Gasteiger partial charge is 0.350 e. The Morgan fingerprint density at radius 2 is 1.75 bits per heavy atom. The van der Waals surface area contributed by atoms with Gasteiger partial charge in [0.2, 0.25) is 0 Å². The van der Waals surface area contributed by atoms with E-state index in [1.165, 1.54) is 10.5 Å². The van der Waals surface area contributed by atoms with Crippen molar-refractivity contribution in [2.24, 2.45) is 0 Å². The predicted octanol–water partition coefficient (Wildman–Crippen LogP) is 4.38. The summed E-state index contributed by atoms with van der Waals surface area (Å²) in [4.78, 5) is 9.49. The summed E-state index contributed by atoms with van der Waals surface area (Å²) in [5.41, 5.74) is 5.53. The van der Waals surface area contributed by atoms with Gasteiger partial charge < -0.3 is 4.74 Å². The molecule has 1 atom stereocenters. The Balaban J connectivity index is 1.26. The standard InChI is InChI=1S/C22H29N3O2S/c1-2-8-19(9-3-1)18-24-13-15-25(16-14-24)28-21-11-5-4-10-20(21)23-27-22-12-6-7-17-26-22/h1-5,8-11,22-23H,6-7,12-18H2. The molecule has 2 aromatic carbocycles. The van der Waals surface area contributed by atoms with Crippen molar-refractivity contribution in [2.75, 3.05) is 38.3 Å². The summed E-state index contributed by atoms with van der Waals surface area (Å²) in [6.45, 7) is 6.10. The third-order valence-corrected chi connectivity index (χ3v) is 6.31. The van der Waals surface area contributed by atoms with Crippen molar-refractivity contribution in [3.63, 3.8) is 0 Å². The van der Waals surface area contributed by atoms with Crippen LogP contribution in [0.2, 0.25) is 0 Å². The molecule has 2 aliphatic rings. The maximum atomic E-state index is 5.77. The summed E-state index contributed by atoms with van der Waals surface area (Å²) in [6, 6.07) is 19.1. The summed E-state index contributed by atoms with van der Waals surface area (Å²) >= 11 is 1.81. The van der Waals surface area contributed by atoms with Crippen LogP contribution in [0.4, 0.5) is 5.69 Å². The predicted molar refractivity (Wildman–Crippen MR) is 114 cm³/mol. The summed E-state index contributed by atoms with van der Waals surface area (Å²) in [5, 5.41) is 0. The van der Waals surface area contributed by atoms with Crippen LogP contribution in [-0.2, 0) is 16.1 Å². The SMILES string of the molecule is c1ccc(CN2CCN(Sc3ccccc3NOC3CCCCO3)CC2)cc1. The van der Waals surface area contributed by atoms with Gasteiger partial charge in [-0.15, -0.1) is 0 Å². The van der Waals surface area contributed by atoms with E-state index in [-0.39, 0.29) is 6.29 Å². The van der Waals surface area contributed by atoms with E-state index in [1.807, 2.05) is 18.0 Å². The third-order valence-electron chi connectivity index (χ3n) is 5.13. The van der Waals surface area contributed by atoms with Crippen LogP contribution >= 0.6 is 11.9 Å². The van der Waals surface area contributed by atoms with Gasteiger partial charge in [-0.05, 0) is 42.5 Å². The zero-order valence-electron chi connectivity index (χ0n) is 16.3. The maximum Gasteiger partial charge on any atom is 0.183 e. The van der Waals surface area contributed by atoms with E-state index in [0.717, 1.165) is 64.3 Å². The summed E-state index contributed by atoms with van der Waals surface area (Å²) in [7, 11) is 0. The van der Waals surface area contributed by atoms with Crippen molar-refractivity contribution in [2.45, 2.75) is 37.0 Å². The van der Waals surface area contributed by atoms with E-state index in [4.69, 9.17) is 9.57 Å². The van der Waals surface area contributed by atoms with Crippen LogP contribution in [0, 0.1) is 0 Å². The van der Waals surface area contributed by atoms with Gasteiger partial charge in [-0.1, -0.05) is 42.5 Å². The van der Waals surface area contributed by atoms with Crippen molar-refractivity contribution in [1.82, 2.24) is 9.21 Å². The van der Waals surface area contributed by atoms with Gasteiger partial charge in [0.05, 0.1) is 5.69 Å². The Bertz CT molecular complexity index is 717. The van der Waals surface area contributed by atoms with Gasteiger partial charge in [-0.3, -0.25) is 10.4 Å². The Morgan fingerprint density at radius 3 is 2.54 bits per heavy atom. The molecule has 28 heavy (non-hydrogen) atoms. The third kappa shape index (κ3) is 5.72. The number of hydrogen-bond donors (Lipinski definition) is 1. The highest BCUT2D eigenvalue weighted by atomic mass is 32.2. The fourth-order valence-electron chi connectivity index (χ4n) is 3.52. The van der Waals surface area contributed by atoms with Crippen molar-refractivity contribution >= 4 is 17.6 Å². The molecule has 2 fully saturated rings. The molecule has 0 aliphatic carbocycles. The second kappa shape index (κ2) is 10.3. The second-order valence-electron chi connectivity index (χ2n) is 7.29. The van der Waals surface area contributed by atoms with E-state index in [1.54, 1.807) is 0 Å². The molecule has 2 aromatic rings. The first-order chi connectivity index (χ1) is 13.9. The highest BCUT2D eigenvalue weighted by molar-refractivity contribution is 7.97. The zero-order valence-corrected chi connectivity index (χ0v) is 17.1. The van der Waals surface area contributed by atoms with E-state index in [9.17, 15) is 0 Å². The molecule has 0 radical (unpaired) electrons. The maximum absolute atomic E-state index is 5.77. The van der Waals surface area contributed by atoms with Gasteiger partial charge >= 0.3 is 0 Å². The molecule has 4 rings (SSSR count). The zero-order chi connectivity index (χ0) is 19.0. The lowest BCUT2D eigenvalue weighted by Crippen LogP contribution is -2.42. The van der Waals surface area contributed by atoms with E-state index in [2.05, 4.69) is 63.2 Å². The van der Waals surface area contributed by atoms with Crippen molar-refractivity contribution in [3.05, 3.63) is 60.2 Å². The minimum atomic E-state index is -0.145. The van der Waals surface area contributed by atoms with Crippen molar-refractivity contribution < 1.29 is 9.57 Å². The van der Waals surface area contributed by atoms with Crippen LogP contribution in [0.15, 0.2) is 59.5 Å². The Kier molecular flexibility index (Phi) is 7.24. The van der Waals surface area contributed by atoms with Gasteiger partial charge in [0.25, 0.3) is 0 Å². The number of piperazine rings is 1. The number of anilines is 1. The summed E-state index contributed by atoms with van der Waals surface area (Å²) in [6.07, 6.45) is 3.10. The van der Waals surface area contributed by atoms with Gasteiger partial charge in [0, 0.05) is 50.6 Å². The molecule has 150 valence electrons. The molecule has 0 amide bonds. The molecule has 2 heterocycles. The quantitative estimate of drug-likeness (QED) is 0.550. The number of benzene rings is 2. The molecule has 0 aromatic heterocycles. The molecule has 6 heteroatoms. The summed E-state index contributed by atoms with van der Waals surface area (Å²) in [5.74, 6) is 0. The molecule has 1 N–H and O–H groups in total. The Labute approximate surface area is 172 Å². The first-order valence-electron chi connectivity index (χ1n) is 10.2. The van der Waals surface area contributed by atoms with Crippen LogP contribution in [0.25, 0.3) is 0 Å². The second-order valence-corrected chi connectivity index (χ2v) is 8.43. The van der Waals surface area contributed by atoms with Crippen molar-refractivity contribution in [1.29, 1.82) is 0 Å². The first kappa shape index (κ1) is 19.7. The lowest BCUT2D eigenvalue weighted by molar-refractivity contribution is -0.145. The molecule has 5 nitrogen and oxygen atoms in total. The van der Waals surface area contributed by atoms with Crippen LogP contribution < -0.4 is 5.48 Å². The molecule has 1 unspecified atom stereocenters. The van der Waals surface area contributed by atoms with Crippen LogP contribution in [0.5, 0.6) is 0 Å². The smallest absolute Gasteiger partial charge is 0.183 e. The molecular weight excluding hydrogens is 370 g/mol.